The van der Waals surface area contributed by atoms with Crippen molar-refractivity contribution in [2.75, 3.05) is 26.4 Å². The van der Waals surface area contributed by atoms with E-state index in [9.17, 15) is 18.4 Å². The third-order valence-corrected chi connectivity index (χ3v) is 6.65. The molecule has 0 unspecified atom stereocenters. The molecule has 234 valence electrons. The first kappa shape index (κ1) is 34.1. The highest BCUT2D eigenvalue weighted by Crippen LogP contribution is 2.32. The van der Waals surface area contributed by atoms with Crippen molar-refractivity contribution in [1.82, 2.24) is 19.8 Å². The van der Waals surface area contributed by atoms with Gasteiger partial charge in [-0.05, 0) is 60.6 Å². The lowest BCUT2D eigenvalue weighted by atomic mass is 9.97. The second-order valence-corrected chi connectivity index (χ2v) is 10.4. The molecule has 0 radical (unpaired) electrons. The summed E-state index contributed by atoms with van der Waals surface area (Å²) in [6.45, 7) is 9.38. The van der Waals surface area contributed by atoms with Crippen LogP contribution >= 0.6 is 0 Å². The Morgan fingerprint density at radius 3 is 2.18 bits per heavy atom. The number of rotatable bonds is 7. The third-order valence-electron chi connectivity index (χ3n) is 6.65. The molecule has 1 aromatic heterocycles. The van der Waals surface area contributed by atoms with Crippen molar-refractivity contribution in [2.24, 2.45) is 0 Å². The Morgan fingerprint density at radius 1 is 0.955 bits per heavy atom. The van der Waals surface area contributed by atoms with Gasteiger partial charge in [-0.1, -0.05) is 64.4 Å². The Balaban J connectivity index is 0.000000997. The normalized spacial score (nSPS) is 11.8. The van der Waals surface area contributed by atoms with E-state index < -0.39 is 17.6 Å². The summed E-state index contributed by atoms with van der Waals surface area (Å²) in [5, 5.41) is 0.418. The van der Waals surface area contributed by atoms with Gasteiger partial charge in [0.15, 0.2) is 11.6 Å². The zero-order valence-electron chi connectivity index (χ0n) is 26.3. The number of halogens is 2. The van der Waals surface area contributed by atoms with Gasteiger partial charge in [-0.2, -0.15) is 0 Å². The van der Waals surface area contributed by atoms with Crippen LogP contribution in [-0.4, -0.2) is 52.3 Å². The first-order valence-corrected chi connectivity index (χ1v) is 14.8. The predicted molar refractivity (Wildman–Crippen MR) is 170 cm³/mol. The molecule has 1 amide bonds. The molecule has 8 nitrogen and oxygen atoms in total. The summed E-state index contributed by atoms with van der Waals surface area (Å²) in [7, 11) is 3.67. The lowest BCUT2D eigenvalue weighted by Gasteiger charge is -2.17. The summed E-state index contributed by atoms with van der Waals surface area (Å²) in [5.74, 6) is -2.93. The quantitative estimate of drug-likeness (QED) is 0.233. The Bertz CT molecular complexity index is 1580. The number of ether oxygens (including phenoxy) is 1. The molecule has 3 aromatic carbocycles. The van der Waals surface area contributed by atoms with Crippen LogP contribution in [0.25, 0.3) is 22.0 Å². The maximum Gasteiger partial charge on any atom is 0.307 e. The van der Waals surface area contributed by atoms with Gasteiger partial charge in [0.1, 0.15) is 12.3 Å². The number of amides is 1. The third kappa shape index (κ3) is 8.35. The summed E-state index contributed by atoms with van der Waals surface area (Å²) in [5.41, 5.74) is 9.68. The Labute approximate surface area is 257 Å². The molecule has 5 rings (SSSR count). The molecule has 0 aliphatic carbocycles. The molecule has 0 saturated carbocycles. The van der Waals surface area contributed by atoms with Gasteiger partial charge < -0.3 is 20.3 Å². The molecule has 2 N–H and O–H groups in total. The van der Waals surface area contributed by atoms with Gasteiger partial charge in [-0.3, -0.25) is 9.59 Å². The van der Waals surface area contributed by atoms with E-state index in [1.165, 1.54) is 6.42 Å². The zero-order chi connectivity index (χ0) is 32.4. The van der Waals surface area contributed by atoms with Gasteiger partial charge in [0.25, 0.3) is 5.91 Å². The van der Waals surface area contributed by atoms with Gasteiger partial charge in [0.05, 0.1) is 11.9 Å². The topological polar surface area (TPSA) is 102 Å². The second kappa shape index (κ2) is 15.9. The highest BCUT2D eigenvalue weighted by molar-refractivity contribution is 6.06. The molecular weight excluding hydrogens is 564 g/mol. The van der Waals surface area contributed by atoms with Crippen LogP contribution in [0.1, 0.15) is 67.7 Å². The van der Waals surface area contributed by atoms with E-state index >= 15 is 0 Å². The highest BCUT2D eigenvalue weighted by Gasteiger charge is 2.27. The number of nitrogens with zero attached hydrogens (tertiary/aromatic N) is 4. The SMILES string of the molecule is CC.CCC.CN(C)CCC(=O)OCc1cc(F)c(F)cc1-c1ccc2nc(N)nc(C(=O)N3Cc4ccccc4C3)c2c1. The summed E-state index contributed by atoms with van der Waals surface area (Å²) in [4.78, 5) is 37.8. The minimum Gasteiger partial charge on any atom is -0.461 e. The van der Waals surface area contributed by atoms with Gasteiger partial charge in [-0.25, -0.2) is 18.7 Å². The summed E-state index contributed by atoms with van der Waals surface area (Å²) in [6, 6.07) is 14.8. The van der Waals surface area contributed by atoms with E-state index in [0.29, 0.717) is 41.7 Å². The number of hydrogen-bond acceptors (Lipinski definition) is 7. The largest absolute Gasteiger partial charge is 0.461 e. The molecule has 4 aromatic rings. The molecule has 0 fully saturated rings. The van der Waals surface area contributed by atoms with Crippen molar-refractivity contribution < 1.29 is 23.1 Å². The maximum absolute atomic E-state index is 14.4. The van der Waals surface area contributed by atoms with Gasteiger partial charge in [-0.15, -0.1) is 0 Å². The van der Waals surface area contributed by atoms with Crippen molar-refractivity contribution >= 4 is 28.7 Å². The lowest BCUT2D eigenvalue weighted by molar-refractivity contribution is -0.145. The smallest absolute Gasteiger partial charge is 0.307 e. The van der Waals surface area contributed by atoms with Gasteiger partial charge >= 0.3 is 5.97 Å². The van der Waals surface area contributed by atoms with Gasteiger partial charge in [0, 0.05) is 30.6 Å². The maximum atomic E-state index is 14.4. The van der Waals surface area contributed by atoms with Crippen molar-refractivity contribution in [3.63, 3.8) is 0 Å². The minimum atomic E-state index is -1.06. The Morgan fingerprint density at radius 2 is 1.57 bits per heavy atom. The molecule has 10 heteroatoms. The number of benzene rings is 3. The minimum absolute atomic E-state index is 0.0477. The fourth-order valence-corrected chi connectivity index (χ4v) is 4.62. The summed E-state index contributed by atoms with van der Waals surface area (Å²) >= 11 is 0. The van der Waals surface area contributed by atoms with Crippen LogP contribution in [0.4, 0.5) is 14.7 Å². The molecular formula is C34H41F2N5O3. The zero-order valence-corrected chi connectivity index (χ0v) is 26.3. The van der Waals surface area contributed by atoms with Crippen LogP contribution in [0.2, 0.25) is 0 Å². The average molecular weight is 606 g/mol. The number of nitrogen functional groups attached to an aromatic ring is 1. The van der Waals surface area contributed by atoms with Gasteiger partial charge in [0.2, 0.25) is 5.95 Å². The first-order chi connectivity index (χ1) is 21.1. The van der Waals surface area contributed by atoms with Crippen molar-refractivity contribution in [1.29, 1.82) is 0 Å². The molecule has 44 heavy (non-hydrogen) atoms. The molecule has 0 saturated heterocycles. The standard InChI is InChI=1S/C29H27F2N5O3.C3H8.C2H6/c1-35(2)10-9-26(37)39-16-20-12-23(30)24(31)13-21(20)17-7-8-25-22(11-17)27(34-29(32)33-25)28(38)36-14-18-5-3-4-6-19(18)15-36;1-3-2;1-2/h3-8,11-13H,9-10,14-16H2,1-2H3,(H2,32,33,34);3H2,1-2H3;1-2H3. The summed E-state index contributed by atoms with van der Waals surface area (Å²) < 4.78 is 33.9. The number of nitrogens with two attached hydrogens (primary N) is 1. The lowest BCUT2D eigenvalue weighted by Crippen LogP contribution is -2.27. The summed E-state index contributed by atoms with van der Waals surface area (Å²) in [6.07, 6.45) is 1.41. The second-order valence-electron chi connectivity index (χ2n) is 10.4. The number of esters is 1. The first-order valence-electron chi connectivity index (χ1n) is 14.8. The number of fused-ring (bicyclic) bond motifs is 2. The van der Waals surface area contributed by atoms with E-state index in [4.69, 9.17) is 10.5 Å². The van der Waals surface area contributed by atoms with Crippen molar-refractivity contribution in [3.05, 3.63) is 88.6 Å². The van der Waals surface area contributed by atoms with Crippen LogP contribution in [0, 0.1) is 11.6 Å². The Kier molecular flexibility index (Phi) is 12.3. The van der Waals surface area contributed by atoms with Crippen LogP contribution < -0.4 is 5.73 Å². The molecule has 0 atom stereocenters. The molecule has 1 aliphatic rings. The number of anilines is 1. The van der Waals surface area contributed by atoms with E-state index in [1.54, 1.807) is 23.1 Å². The highest BCUT2D eigenvalue weighted by atomic mass is 19.2. The monoisotopic (exact) mass is 605 g/mol. The molecule has 0 spiro atoms. The van der Waals surface area contributed by atoms with Crippen molar-refractivity contribution in [3.8, 4) is 11.1 Å². The number of hydrogen-bond donors (Lipinski definition) is 1. The fourth-order valence-electron chi connectivity index (χ4n) is 4.62. The van der Waals surface area contributed by atoms with E-state index in [1.807, 2.05) is 57.1 Å². The molecule has 1 aliphatic heterocycles. The van der Waals surface area contributed by atoms with Crippen LogP contribution in [0.3, 0.4) is 0 Å². The number of carbonyl (C=O) groups is 2. The van der Waals surface area contributed by atoms with Crippen LogP contribution in [-0.2, 0) is 29.2 Å². The Hall–Kier alpha value is -4.44. The molecule has 2 heterocycles. The number of aromatic nitrogens is 2. The fraction of sp³-hybridized carbons (Fsp3) is 0.353. The predicted octanol–water partition coefficient (Wildman–Crippen LogP) is 6.75. The van der Waals surface area contributed by atoms with Crippen molar-refractivity contribution in [2.45, 2.75) is 60.2 Å². The molecule has 0 bridgehead atoms. The van der Waals surface area contributed by atoms with Crippen LogP contribution in [0.15, 0.2) is 54.6 Å². The van der Waals surface area contributed by atoms with Crippen LogP contribution in [0.5, 0.6) is 0 Å². The number of carbonyl (C=O) groups excluding carboxylic acids is 2. The van der Waals surface area contributed by atoms with E-state index in [0.717, 1.165) is 23.3 Å². The van der Waals surface area contributed by atoms with E-state index in [-0.39, 0.29) is 36.1 Å². The van der Waals surface area contributed by atoms with E-state index in [2.05, 4.69) is 23.8 Å². The average Bonchev–Trinajstić information content (AvgIpc) is 3.45.